The van der Waals surface area contributed by atoms with Crippen molar-refractivity contribution in [1.29, 1.82) is 0 Å². The minimum absolute atomic E-state index is 0.144. The van der Waals surface area contributed by atoms with Crippen LogP contribution in [0.3, 0.4) is 0 Å². The zero-order chi connectivity index (χ0) is 18.5. The Bertz CT molecular complexity index is 830. The number of benzene rings is 2. The van der Waals surface area contributed by atoms with E-state index in [9.17, 15) is 4.79 Å². The average molecular weight is 352 g/mol. The molecule has 1 aliphatic heterocycles. The van der Waals surface area contributed by atoms with E-state index in [1.54, 1.807) is 26.4 Å². The number of rotatable bonds is 7. The van der Waals surface area contributed by atoms with Gasteiger partial charge in [-0.25, -0.2) is 0 Å². The molecule has 2 N–H and O–H groups in total. The zero-order valence-corrected chi connectivity index (χ0v) is 15.2. The molecule has 0 spiro atoms. The Morgan fingerprint density at radius 3 is 2.73 bits per heavy atom. The van der Waals surface area contributed by atoms with Crippen molar-refractivity contribution in [2.75, 3.05) is 14.2 Å². The van der Waals surface area contributed by atoms with Crippen LogP contribution in [0.1, 0.15) is 32.6 Å². The van der Waals surface area contributed by atoms with Crippen LogP contribution in [0.25, 0.3) is 0 Å². The lowest BCUT2D eigenvalue weighted by atomic mass is 10.0. The maximum absolute atomic E-state index is 12.6. The monoisotopic (exact) mass is 352 g/mol. The van der Waals surface area contributed by atoms with E-state index in [0.29, 0.717) is 30.0 Å². The van der Waals surface area contributed by atoms with Crippen molar-refractivity contribution >= 4 is 5.91 Å². The molecule has 1 amide bonds. The predicted molar refractivity (Wildman–Crippen MR) is 102 cm³/mol. The molecule has 26 heavy (non-hydrogen) atoms. The Labute approximate surface area is 154 Å². The molecule has 0 atom stereocenters. The van der Waals surface area contributed by atoms with Crippen LogP contribution >= 0.6 is 0 Å². The van der Waals surface area contributed by atoms with Crippen molar-refractivity contribution in [2.45, 2.75) is 26.1 Å². The molecule has 5 heteroatoms. The summed E-state index contributed by atoms with van der Waals surface area (Å²) in [6, 6.07) is 9.85. The van der Waals surface area contributed by atoms with Crippen LogP contribution in [0.5, 0.6) is 11.5 Å². The first-order valence-electron chi connectivity index (χ1n) is 8.61. The van der Waals surface area contributed by atoms with E-state index in [-0.39, 0.29) is 5.91 Å². The lowest BCUT2D eigenvalue weighted by Crippen LogP contribution is -2.23. The molecular formula is C21H24N2O3. The summed E-state index contributed by atoms with van der Waals surface area (Å²) in [5.41, 5.74) is 5.13. The van der Waals surface area contributed by atoms with Gasteiger partial charge in [-0.05, 0) is 35.2 Å². The quantitative estimate of drug-likeness (QED) is 0.752. The van der Waals surface area contributed by atoms with Crippen LogP contribution in [0.4, 0.5) is 0 Å². The number of carbonyl (C=O) groups is 1. The minimum atomic E-state index is -0.144. The predicted octanol–water partition coefficient (Wildman–Crippen LogP) is 2.97. The molecule has 1 heterocycles. The summed E-state index contributed by atoms with van der Waals surface area (Å²) in [7, 11) is 3.16. The first kappa shape index (κ1) is 18.0. The molecule has 0 unspecified atom stereocenters. The third kappa shape index (κ3) is 3.73. The summed E-state index contributed by atoms with van der Waals surface area (Å²) in [5.74, 6) is 1.03. The average Bonchev–Trinajstić information content (AvgIpc) is 3.13. The maximum atomic E-state index is 12.6. The first-order chi connectivity index (χ1) is 12.7. The Balaban J connectivity index is 1.76. The molecule has 2 aromatic carbocycles. The molecule has 0 saturated heterocycles. The van der Waals surface area contributed by atoms with Crippen LogP contribution in [0.2, 0.25) is 0 Å². The van der Waals surface area contributed by atoms with E-state index in [0.717, 1.165) is 24.2 Å². The number of ether oxygens (including phenoxy) is 2. The van der Waals surface area contributed by atoms with E-state index in [2.05, 4.69) is 35.4 Å². The Morgan fingerprint density at radius 1 is 1.19 bits per heavy atom. The smallest absolute Gasteiger partial charge is 0.251 e. The van der Waals surface area contributed by atoms with Crippen molar-refractivity contribution in [3.8, 4) is 11.5 Å². The lowest BCUT2D eigenvalue weighted by molar-refractivity contribution is 0.0950. The number of nitrogens with one attached hydrogen (secondary N) is 2. The number of amides is 1. The normalized spacial score (nSPS) is 12.4. The second-order valence-corrected chi connectivity index (χ2v) is 6.25. The van der Waals surface area contributed by atoms with Gasteiger partial charge >= 0.3 is 0 Å². The fourth-order valence-corrected chi connectivity index (χ4v) is 3.22. The Hall–Kier alpha value is -2.79. The Kier molecular flexibility index (Phi) is 5.58. The molecule has 0 bridgehead atoms. The Morgan fingerprint density at radius 2 is 2.00 bits per heavy atom. The van der Waals surface area contributed by atoms with Crippen LogP contribution < -0.4 is 20.1 Å². The van der Waals surface area contributed by atoms with Gasteiger partial charge in [0, 0.05) is 30.8 Å². The van der Waals surface area contributed by atoms with Gasteiger partial charge < -0.3 is 20.1 Å². The molecule has 0 aromatic heterocycles. The standard InChI is InChI=1S/C21H24N2O3/c1-4-5-15-9-17(10-19(25-2)20(15)26-3)21(24)23-11-14-6-7-16-12-22-13-18(16)8-14/h4,6-10,22H,1,5,11-13H2,2-3H3,(H,23,24). The van der Waals surface area contributed by atoms with Crippen molar-refractivity contribution in [1.82, 2.24) is 10.6 Å². The zero-order valence-electron chi connectivity index (χ0n) is 15.2. The summed E-state index contributed by atoms with van der Waals surface area (Å²) in [6.07, 6.45) is 2.37. The molecule has 5 nitrogen and oxygen atoms in total. The van der Waals surface area contributed by atoms with Crippen LogP contribution in [0, 0.1) is 0 Å². The molecule has 2 aromatic rings. The minimum Gasteiger partial charge on any atom is -0.493 e. The van der Waals surface area contributed by atoms with E-state index in [1.807, 2.05) is 6.07 Å². The lowest BCUT2D eigenvalue weighted by Gasteiger charge is -2.14. The molecule has 1 aliphatic rings. The highest BCUT2D eigenvalue weighted by Crippen LogP contribution is 2.33. The highest BCUT2D eigenvalue weighted by molar-refractivity contribution is 5.95. The van der Waals surface area contributed by atoms with E-state index in [4.69, 9.17) is 9.47 Å². The molecule has 0 aliphatic carbocycles. The number of fused-ring (bicyclic) bond motifs is 1. The number of allylic oxidation sites excluding steroid dienone is 1. The third-order valence-corrected chi connectivity index (χ3v) is 4.54. The molecule has 136 valence electrons. The first-order valence-corrected chi connectivity index (χ1v) is 8.61. The van der Waals surface area contributed by atoms with Gasteiger partial charge in [-0.2, -0.15) is 0 Å². The second-order valence-electron chi connectivity index (χ2n) is 6.25. The SMILES string of the molecule is C=CCc1cc(C(=O)NCc2ccc3c(c2)CNC3)cc(OC)c1OC. The van der Waals surface area contributed by atoms with Crippen LogP contribution in [-0.2, 0) is 26.1 Å². The van der Waals surface area contributed by atoms with Gasteiger partial charge in [0.05, 0.1) is 14.2 Å². The second kappa shape index (κ2) is 8.06. The van der Waals surface area contributed by atoms with Gasteiger partial charge in [0.25, 0.3) is 5.91 Å². The molecule has 0 radical (unpaired) electrons. The van der Waals surface area contributed by atoms with E-state index < -0.39 is 0 Å². The maximum Gasteiger partial charge on any atom is 0.251 e. The fourth-order valence-electron chi connectivity index (χ4n) is 3.22. The highest BCUT2D eigenvalue weighted by atomic mass is 16.5. The van der Waals surface area contributed by atoms with Crippen molar-refractivity contribution in [3.63, 3.8) is 0 Å². The largest absolute Gasteiger partial charge is 0.493 e. The van der Waals surface area contributed by atoms with E-state index in [1.165, 1.54) is 11.1 Å². The van der Waals surface area contributed by atoms with Gasteiger partial charge in [0.1, 0.15) is 0 Å². The van der Waals surface area contributed by atoms with Crippen molar-refractivity contribution in [2.24, 2.45) is 0 Å². The number of hydrogen-bond acceptors (Lipinski definition) is 4. The topological polar surface area (TPSA) is 59.6 Å². The van der Waals surface area contributed by atoms with Gasteiger partial charge in [-0.15, -0.1) is 6.58 Å². The van der Waals surface area contributed by atoms with Crippen LogP contribution in [0.15, 0.2) is 43.0 Å². The van der Waals surface area contributed by atoms with Crippen molar-refractivity contribution in [3.05, 3.63) is 70.8 Å². The van der Waals surface area contributed by atoms with Gasteiger partial charge in [-0.1, -0.05) is 24.3 Å². The highest BCUT2D eigenvalue weighted by Gasteiger charge is 2.16. The van der Waals surface area contributed by atoms with E-state index >= 15 is 0 Å². The summed E-state index contributed by atoms with van der Waals surface area (Å²) in [4.78, 5) is 12.6. The van der Waals surface area contributed by atoms with Crippen molar-refractivity contribution < 1.29 is 14.3 Å². The summed E-state index contributed by atoms with van der Waals surface area (Å²) >= 11 is 0. The molecule has 0 saturated carbocycles. The summed E-state index contributed by atoms with van der Waals surface area (Å²) in [6.45, 7) is 6.05. The molecular weight excluding hydrogens is 328 g/mol. The van der Waals surface area contributed by atoms with Gasteiger partial charge in [0.15, 0.2) is 11.5 Å². The number of hydrogen-bond donors (Lipinski definition) is 2. The van der Waals surface area contributed by atoms with Gasteiger partial charge in [0.2, 0.25) is 0 Å². The number of methoxy groups -OCH3 is 2. The number of carbonyl (C=O) groups excluding carboxylic acids is 1. The van der Waals surface area contributed by atoms with Crippen LogP contribution in [-0.4, -0.2) is 20.1 Å². The summed E-state index contributed by atoms with van der Waals surface area (Å²) < 4.78 is 10.8. The molecule has 0 fully saturated rings. The summed E-state index contributed by atoms with van der Waals surface area (Å²) in [5, 5.41) is 6.31. The third-order valence-electron chi connectivity index (χ3n) is 4.54. The molecule has 3 rings (SSSR count). The fraction of sp³-hybridized carbons (Fsp3) is 0.286. The van der Waals surface area contributed by atoms with Gasteiger partial charge in [-0.3, -0.25) is 4.79 Å².